The molecular formula is C17H12BrNO3. The van der Waals surface area contributed by atoms with Gasteiger partial charge in [0.25, 0.3) is 0 Å². The molecule has 22 heavy (non-hydrogen) atoms. The fourth-order valence-corrected chi connectivity index (χ4v) is 2.43. The van der Waals surface area contributed by atoms with Gasteiger partial charge in [0, 0.05) is 10.0 Å². The molecule has 1 aliphatic heterocycles. The van der Waals surface area contributed by atoms with Crippen molar-refractivity contribution in [2.75, 3.05) is 7.11 Å². The molecule has 0 N–H and O–H groups in total. The van der Waals surface area contributed by atoms with Crippen LogP contribution in [0.2, 0.25) is 0 Å². The Kier molecular flexibility index (Phi) is 4.06. The molecule has 4 nitrogen and oxygen atoms in total. The van der Waals surface area contributed by atoms with E-state index in [0.29, 0.717) is 11.3 Å². The van der Waals surface area contributed by atoms with Gasteiger partial charge in [0.2, 0.25) is 5.90 Å². The number of esters is 1. The lowest BCUT2D eigenvalue weighted by Crippen LogP contribution is -2.05. The van der Waals surface area contributed by atoms with Crippen molar-refractivity contribution >= 4 is 33.9 Å². The van der Waals surface area contributed by atoms with Crippen molar-refractivity contribution in [1.29, 1.82) is 0 Å². The van der Waals surface area contributed by atoms with E-state index in [1.54, 1.807) is 19.3 Å². The summed E-state index contributed by atoms with van der Waals surface area (Å²) in [6.07, 6.45) is 1.69. The third-order valence-corrected chi connectivity index (χ3v) is 3.86. The van der Waals surface area contributed by atoms with Crippen LogP contribution in [0.4, 0.5) is 0 Å². The summed E-state index contributed by atoms with van der Waals surface area (Å²) in [6.45, 7) is 0. The Labute approximate surface area is 136 Å². The molecule has 0 amide bonds. The van der Waals surface area contributed by atoms with E-state index >= 15 is 0 Å². The first kappa shape index (κ1) is 14.5. The Morgan fingerprint density at radius 1 is 1.18 bits per heavy atom. The highest BCUT2D eigenvalue weighted by atomic mass is 79.9. The molecule has 2 aromatic rings. The Morgan fingerprint density at radius 2 is 2.00 bits per heavy atom. The summed E-state index contributed by atoms with van der Waals surface area (Å²) in [7, 11) is 1.58. The molecule has 3 rings (SSSR count). The molecule has 0 saturated heterocycles. The van der Waals surface area contributed by atoms with Crippen molar-refractivity contribution in [3.05, 3.63) is 69.8 Å². The summed E-state index contributed by atoms with van der Waals surface area (Å²) >= 11 is 3.44. The molecule has 2 aromatic carbocycles. The zero-order chi connectivity index (χ0) is 15.5. The van der Waals surface area contributed by atoms with E-state index in [-0.39, 0.29) is 11.6 Å². The molecule has 110 valence electrons. The van der Waals surface area contributed by atoms with Crippen LogP contribution in [0.25, 0.3) is 6.08 Å². The van der Waals surface area contributed by atoms with Crippen LogP contribution >= 0.6 is 15.9 Å². The predicted octanol–water partition coefficient (Wildman–Crippen LogP) is 3.80. The van der Waals surface area contributed by atoms with Crippen molar-refractivity contribution in [2.45, 2.75) is 0 Å². The molecule has 5 heteroatoms. The quantitative estimate of drug-likeness (QED) is 0.619. The minimum absolute atomic E-state index is 0.268. The Morgan fingerprint density at radius 3 is 2.77 bits per heavy atom. The van der Waals surface area contributed by atoms with Crippen LogP contribution in [-0.4, -0.2) is 19.0 Å². The van der Waals surface area contributed by atoms with Gasteiger partial charge >= 0.3 is 5.97 Å². The second-order valence-electron chi connectivity index (χ2n) is 4.59. The smallest absolute Gasteiger partial charge is 0.363 e. The molecule has 0 bridgehead atoms. The number of cyclic esters (lactones) is 1. The van der Waals surface area contributed by atoms with Crippen LogP contribution in [0.5, 0.6) is 5.75 Å². The number of carbonyl (C=O) groups is 1. The highest BCUT2D eigenvalue weighted by Gasteiger charge is 2.24. The lowest BCUT2D eigenvalue weighted by molar-refractivity contribution is -0.129. The van der Waals surface area contributed by atoms with E-state index in [1.165, 1.54) is 0 Å². The monoisotopic (exact) mass is 357 g/mol. The molecular weight excluding hydrogens is 346 g/mol. The third-order valence-electron chi connectivity index (χ3n) is 3.13. The van der Waals surface area contributed by atoms with Crippen molar-refractivity contribution in [2.24, 2.45) is 4.99 Å². The van der Waals surface area contributed by atoms with Crippen LogP contribution in [0.1, 0.15) is 11.1 Å². The first-order valence-electron chi connectivity index (χ1n) is 6.59. The second kappa shape index (κ2) is 6.15. The van der Waals surface area contributed by atoms with Crippen LogP contribution in [-0.2, 0) is 9.53 Å². The Hall–Kier alpha value is -2.40. The normalized spacial score (nSPS) is 15.6. The first-order valence-corrected chi connectivity index (χ1v) is 7.38. The number of carbonyl (C=O) groups excluding carboxylic acids is 1. The van der Waals surface area contributed by atoms with Gasteiger partial charge in [0.1, 0.15) is 5.75 Å². The maximum atomic E-state index is 12.0. The lowest BCUT2D eigenvalue weighted by atomic mass is 10.2. The van der Waals surface area contributed by atoms with Gasteiger partial charge in [-0.3, -0.25) is 0 Å². The fraction of sp³-hybridized carbons (Fsp3) is 0.0588. The average molecular weight is 358 g/mol. The molecule has 0 radical (unpaired) electrons. The molecule has 1 heterocycles. The number of hydrogen-bond donors (Lipinski definition) is 0. The lowest BCUT2D eigenvalue weighted by Gasteiger charge is -2.02. The molecule has 0 unspecified atom stereocenters. The molecule has 0 aromatic heterocycles. The van der Waals surface area contributed by atoms with Gasteiger partial charge in [-0.1, -0.05) is 40.2 Å². The van der Waals surface area contributed by atoms with Crippen LogP contribution in [0, 0.1) is 0 Å². The van der Waals surface area contributed by atoms with E-state index < -0.39 is 5.97 Å². The summed E-state index contributed by atoms with van der Waals surface area (Å²) in [5.41, 5.74) is 1.83. The van der Waals surface area contributed by atoms with E-state index in [0.717, 1.165) is 10.0 Å². The molecule has 0 saturated carbocycles. The molecule has 0 atom stereocenters. The number of aliphatic imine (C=N–C) groups is 1. The van der Waals surface area contributed by atoms with Crippen molar-refractivity contribution in [1.82, 2.24) is 0 Å². The number of nitrogens with zero attached hydrogens (tertiary/aromatic N) is 1. The van der Waals surface area contributed by atoms with Gasteiger partial charge in [-0.2, -0.15) is 0 Å². The largest absolute Gasteiger partial charge is 0.497 e. The standard InChI is InChI=1S/C17H12BrNO3/c1-21-13-7-4-6-12(9-13)16-19-15(17(20)22-16)10-11-5-2-3-8-14(11)18/h2-10H,1H3/b15-10-. The SMILES string of the molecule is COc1cccc(C2=N/C(=C\c3ccccc3Br)C(=O)O2)c1. The van der Waals surface area contributed by atoms with Crippen molar-refractivity contribution in [3.63, 3.8) is 0 Å². The topological polar surface area (TPSA) is 47.9 Å². The molecule has 0 aliphatic carbocycles. The van der Waals surface area contributed by atoms with Gasteiger partial charge in [0.05, 0.1) is 7.11 Å². The van der Waals surface area contributed by atoms with Crippen LogP contribution in [0.15, 0.2) is 63.7 Å². The van der Waals surface area contributed by atoms with Crippen molar-refractivity contribution in [3.8, 4) is 5.75 Å². The van der Waals surface area contributed by atoms with Gasteiger partial charge in [-0.15, -0.1) is 0 Å². The van der Waals surface area contributed by atoms with Crippen LogP contribution in [0.3, 0.4) is 0 Å². The predicted molar refractivity (Wildman–Crippen MR) is 87.7 cm³/mol. The minimum atomic E-state index is -0.464. The summed E-state index contributed by atoms with van der Waals surface area (Å²) in [6, 6.07) is 14.8. The van der Waals surface area contributed by atoms with Gasteiger partial charge in [0.15, 0.2) is 5.70 Å². The van der Waals surface area contributed by atoms with E-state index in [4.69, 9.17) is 9.47 Å². The zero-order valence-electron chi connectivity index (χ0n) is 11.7. The minimum Gasteiger partial charge on any atom is -0.497 e. The number of rotatable bonds is 3. The Bertz CT molecular complexity index is 796. The van der Waals surface area contributed by atoms with Crippen LogP contribution < -0.4 is 4.74 Å². The van der Waals surface area contributed by atoms with Gasteiger partial charge < -0.3 is 9.47 Å². The number of hydrogen-bond acceptors (Lipinski definition) is 4. The third kappa shape index (κ3) is 2.94. The fourth-order valence-electron chi connectivity index (χ4n) is 2.03. The molecule has 1 aliphatic rings. The first-order chi connectivity index (χ1) is 10.7. The van der Waals surface area contributed by atoms with Gasteiger partial charge in [-0.25, -0.2) is 9.79 Å². The van der Waals surface area contributed by atoms with Crippen molar-refractivity contribution < 1.29 is 14.3 Å². The van der Waals surface area contributed by atoms with E-state index in [2.05, 4.69) is 20.9 Å². The average Bonchev–Trinajstić information content (AvgIpc) is 2.91. The summed E-state index contributed by atoms with van der Waals surface area (Å²) < 4.78 is 11.3. The number of ether oxygens (including phenoxy) is 2. The maximum Gasteiger partial charge on any atom is 0.363 e. The number of benzene rings is 2. The van der Waals surface area contributed by atoms with E-state index in [9.17, 15) is 4.79 Å². The zero-order valence-corrected chi connectivity index (χ0v) is 13.3. The second-order valence-corrected chi connectivity index (χ2v) is 5.44. The number of methoxy groups -OCH3 is 1. The molecule has 0 spiro atoms. The highest BCUT2D eigenvalue weighted by Crippen LogP contribution is 2.24. The van der Waals surface area contributed by atoms with Gasteiger partial charge in [-0.05, 0) is 35.9 Å². The maximum absolute atomic E-state index is 12.0. The summed E-state index contributed by atoms with van der Waals surface area (Å²) in [4.78, 5) is 16.3. The summed E-state index contributed by atoms with van der Waals surface area (Å²) in [5.74, 6) is 0.496. The van der Waals surface area contributed by atoms with E-state index in [1.807, 2.05) is 42.5 Å². The highest BCUT2D eigenvalue weighted by molar-refractivity contribution is 9.10. The Balaban J connectivity index is 1.96. The number of halogens is 1. The summed E-state index contributed by atoms with van der Waals surface area (Å²) in [5, 5.41) is 0. The molecule has 0 fully saturated rings.